The second-order valence-electron chi connectivity index (χ2n) is 9.31. The molecule has 10 nitrogen and oxygen atoms in total. The Morgan fingerprint density at radius 2 is 1.89 bits per heavy atom. The minimum absolute atomic E-state index is 0.108. The minimum Gasteiger partial charge on any atom is -0.454 e. The zero-order valence-corrected chi connectivity index (χ0v) is 20.8. The molecule has 1 atom stereocenters. The molecule has 0 bridgehead atoms. The number of ether oxygens (including phenoxy) is 2. The number of hydrogen-bond acceptors (Lipinski definition) is 6. The fraction of sp³-hybridized carbons (Fsp3) is 0.333. The van der Waals surface area contributed by atoms with Crippen molar-refractivity contribution in [2.24, 2.45) is 0 Å². The van der Waals surface area contributed by atoms with Gasteiger partial charge in [-0.25, -0.2) is 0 Å². The van der Waals surface area contributed by atoms with Crippen molar-refractivity contribution >= 4 is 17.7 Å². The Balaban J connectivity index is 1.19. The highest BCUT2D eigenvalue weighted by atomic mass is 16.7. The monoisotopic (exact) mass is 503 g/mol. The van der Waals surface area contributed by atoms with Crippen LogP contribution in [0.25, 0.3) is 0 Å². The summed E-state index contributed by atoms with van der Waals surface area (Å²) in [5, 5.41) is 9.84. The number of hydrogen-bond donors (Lipinski definition) is 2. The largest absolute Gasteiger partial charge is 0.454 e. The van der Waals surface area contributed by atoms with Gasteiger partial charge in [-0.2, -0.15) is 5.10 Å². The first kappa shape index (κ1) is 24.4. The van der Waals surface area contributed by atoms with E-state index >= 15 is 0 Å². The molecule has 3 amide bonds. The maximum atomic E-state index is 13.2. The van der Waals surface area contributed by atoms with Crippen molar-refractivity contribution in [3.63, 3.8) is 0 Å². The maximum Gasteiger partial charge on any atom is 0.272 e. The van der Waals surface area contributed by atoms with Gasteiger partial charge in [-0.1, -0.05) is 35.9 Å². The summed E-state index contributed by atoms with van der Waals surface area (Å²) in [6, 6.07) is 14.2. The molecule has 0 radical (unpaired) electrons. The highest BCUT2D eigenvalue weighted by Gasteiger charge is 2.27. The van der Waals surface area contributed by atoms with E-state index in [2.05, 4.69) is 21.8 Å². The van der Waals surface area contributed by atoms with E-state index in [0.29, 0.717) is 36.8 Å². The molecular weight excluding hydrogens is 474 g/mol. The molecule has 1 unspecified atom stereocenters. The minimum atomic E-state index is -0.795. The molecule has 0 saturated heterocycles. The van der Waals surface area contributed by atoms with Crippen LogP contribution in [0.5, 0.6) is 11.5 Å². The summed E-state index contributed by atoms with van der Waals surface area (Å²) in [7, 11) is 0. The van der Waals surface area contributed by atoms with Gasteiger partial charge in [0.1, 0.15) is 11.7 Å². The first-order chi connectivity index (χ1) is 17.9. The molecule has 5 rings (SSSR count). The lowest BCUT2D eigenvalue weighted by atomic mass is 10.1. The fourth-order valence-corrected chi connectivity index (χ4v) is 4.46. The van der Waals surface area contributed by atoms with Crippen LogP contribution in [0.3, 0.4) is 0 Å². The Bertz CT molecular complexity index is 1350. The van der Waals surface area contributed by atoms with Crippen molar-refractivity contribution < 1.29 is 23.9 Å². The van der Waals surface area contributed by atoms with Crippen molar-refractivity contribution in [3.05, 3.63) is 76.6 Å². The van der Waals surface area contributed by atoms with E-state index in [1.807, 2.05) is 37.3 Å². The van der Waals surface area contributed by atoms with Crippen molar-refractivity contribution in [1.82, 2.24) is 25.3 Å². The Hall–Kier alpha value is -4.34. The van der Waals surface area contributed by atoms with Gasteiger partial charge in [0.05, 0.1) is 0 Å². The van der Waals surface area contributed by atoms with Gasteiger partial charge in [-0.3, -0.25) is 19.1 Å². The van der Waals surface area contributed by atoms with E-state index in [4.69, 9.17) is 9.47 Å². The third-order valence-electron chi connectivity index (χ3n) is 6.42. The quantitative estimate of drug-likeness (QED) is 0.512. The molecule has 1 aromatic heterocycles. The number of nitrogens with zero attached hydrogens (tertiary/aromatic N) is 3. The Morgan fingerprint density at radius 1 is 1.05 bits per heavy atom. The van der Waals surface area contributed by atoms with Crippen molar-refractivity contribution in [2.75, 3.05) is 13.3 Å². The van der Waals surface area contributed by atoms with E-state index in [9.17, 15) is 14.4 Å². The number of aromatic nitrogens is 2. The summed E-state index contributed by atoms with van der Waals surface area (Å²) in [5.41, 5.74) is 3.52. The summed E-state index contributed by atoms with van der Waals surface area (Å²) >= 11 is 0. The van der Waals surface area contributed by atoms with Crippen LogP contribution in [0.2, 0.25) is 0 Å². The molecule has 2 aromatic carbocycles. The maximum absolute atomic E-state index is 13.2. The SMILES string of the molecule is Cc1cccc(CN2CCCn3nc(C(=O)NC(C)C(=O)NCc4ccc5c(c4)OCO5)cc3C2=O)c1. The van der Waals surface area contributed by atoms with Gasteiger partial charge >= 0.3 is 0 Å². The lowest BCUT2D eigenvalue weighted by Crippen LogP contribution is -2.44. The smallest absolute Gasteiger partial charge is 0.272 e. The van der Waals surface area contributed by atoms with Crippen LogP contribution in [0.4, 0.5) is 0 Å². The van der Waals surface area contributed by atoms with Crippen molar-refractivity contribution in [3.8, 4) is 11.5 Å². The van der Waals surface area contributed by atoms with Gasteiger partial charge in [-0.15, -0.1) is 0 Å². The third kappa shape index (κ3) is 5.42. The van der Waals surface area contributed by atoms with Gasteiger partial charge in [0.2, 0.25) is 12.7 Å². The van der Waals surface area contributed by atoms with Crippen LogP contribution in [0.15, 0.2) is 48.5 Å². The second-order valence-corrected chi connectivity index (χ2v) is 9.31. The fourth-order valence-electron chi connectivity index (χ4n) is 4.46. The topological polar surface area (TPSA) is 115 Å². The number of fused-ring (bicyclic) bond motifs is 2. The highest BCUT2D eigenvalue weighted by Crippen LogP contribution is 2.32. The average molecular weight is 504 g/mol. The molecule has 3 aromatic rings. The summed E-state index contributed by atoms with van der Waals surface area (Å²) < 4.78 is 12.2. The zero-order chi connectivity index (χ0) is 25.9. The first-order valence-corrected chi connectivity index (χ1v) is 12.3. The number of rotatable bonds is 7. The molecule has 0 aliphatic carbocycles. The lowest BCUT2D eigenvalue weighted by molar-refractivity contribution is -0.122. The summed E-state index contributed by atoms with van der Waals surface area (Å²) in [6.07, 6.45) is 0.728. The molecule has 2 N–H and O–H groups in total. The molecule has 2 aliphatic heterocycles. The average Bonchev–Trinajstić information content (AvgIpc) is 3.50. The van der Waals surface area contributed by atoms with Crippen LogP contribution < -0.4 is 20.1 Å². The Labute approximate surface area is 214 Å². The predicted molar refractivity (Wildman–Crippen MR) is 134 cm³/mol. The summed E-state index contributed by atoms with van der Waals surface area (Å²) in [5.74, 6) is 0.294. The van der Waals surface area contributed by atoms with Crippen LogP contribution in [-0.2, 0) is 24.4 Å². The molecular formula is C27H29N5O5. The normalized spacial score (nSPS) is 15.1. The number of carbonyl (C=O) groups is 3. The van der Waals surface area contributed by atoms with Gasteiger partial charge in [-0.05, 0) is 43.5 Å². The summed E-state index contributed by atoms with van der Waals surface area (Å²) in [4.78, 5) is 40.5. The second kappa shape index (κ2) is 10.3. The molecule has 2 aliphatic rings. The van der Waals surface area contributed by atoms with Crippen molar-refractivity contribution in [1.29, 1.82) is 0 Å². The van der Waals surface area contributed by atoms with E-state index in [1.165, 1.54) is 6.07 Å². The number of carbonyl (C=O) groups excluding carboxylic acids is 3. The summed E-state index contributed by atoms with van der Waals surface area (Å²) in [6.45, 7) is 5.72. The molecule has 3 heterocycles. The van der Waals surface area contributed by atoms with E-state index in [1.54, 1.807) is 22.6 Å². The molecule has 0 fully saturated rings. The van der Waals surface area contributed by atoms with Gasteiger partial charge in [0.15, 0.2) is 17.2 Å². The van der Waals surface area contributed by atoms with Gasteiger partial charge < -0.3 is 25.0 Å². The van der Waals surface area contributed by atoms with Crippen LogP contribution >= 0.6 is 0 Å². The standard InChI is InChI=1S/C27H29N5O5/c1-17-5-3-6-20(11-17)15-31-9-4-10-32-22(27(31)35)13-21(30-32)26(34)29-18(2)25(33)28-14-19-7-8-23-24(12-19)37-16-36-23/h3,5-8,11-13,18H,4,9-10,14-16H2,1-2H3,(H,28,33)(H,29,34). The number of benzene rings is 2. The lowest BCUT2D eigenvalue weighted by Gasteiger charge is -2.20. The molecule has 192 valence electrons. The Morgan fingerprint density at radius 3 is 2.73 bits per heavy atom. The van der Waals surface area contributed by atoms with Gasteiger partial charge in [0.25, 0.3) is 11.8 Å². The van der Waals surface area contributed by atoms with Crippen LogP contribution in [0.1, 0.15) is 51.0 Å². The van der Waals surface area contributed by atoms with E-state index < -0.39 is 11.9 Å². The molecule has 0 saturated carbocycles. The molecule has 37 heavy (non-hydrogen) atoms. The van der Waals surface area contributed by atoms with Crippen LogP contribution in [-0.4, -0.2) is 51.8 Å². The van der Waals surface area contributed by atoms with E-state index in [-0.39, 0.29) is 30.8 Å². The predicted octanol–water partition coefficient (Wildman–Crippen LogP) is 2.40. The number of aryl methyl sites for hydroxylation is 2. The van der Waals surface area contributed by atoms with Crippen LogP contribution in [0, 0.1) is 6.92 Å². The van der Waals surface area contributed by atoms with Crippen molar-refractivity contribution in [2.45, 2.75) is 45.9 Å². The molecule has 10 heteroatoms. The van der Waals surface area contributed by atoms with Gasteiger partial charge in [0, 0.05) is 32.2 Å². The van der Waals surface area contributed by atoms with E-state index in [0.717, 1.165) is 23.1 Å². The number of nitrogens with one attached hydrogen (secondary N) is 2. The zero-order valence-electron chi connectivity index (χ0n) is 20.8. The molecule has 0 spiro atoms. The third-order valence-corrected chi connectivity index (χ3v) is 6.42. The Kier molecular flexibility index (Phi) is 6.80. The highest BCUT2D eigenvalue weighted by molar-refractivity contribution is 5.99. The first-order valence-electron chi connectivity index (χ1n) is 12.3. The number of amides is 3.